The van der Waals surface area contributed by atoms with Crippen LogP contribution >= 0.6 is 11.8 Å². The highest BCUT2D eigenvalue weighted by molar-refractivity contribution is 7.99. The Hall–Kier alpha value is -1.87. The van der Waals surface area contributed by atoms with Crippen LogP contribution in [0.1, 0.15) is 6.92 Å². The molecule has 0 aliphatic carbocycles. The minimum atomic E-state index is -0.442. The van der Waals surface area contributed by atoms with Crippen molar-refractivity contribution in [3.63, 3.8) is 0 Å². The zero-order valence-corrected chi connectivity index (χ0v) is 13.8. The van der Waals surface area contributed by atoms with Gasteiger partial charge in [-0.25, -0.2) is 9.97 Å². The standard InChI is InChI=1S/C14H20N4O4S/c1-2-22-14(20)8-15-12(19)9-23-13-7-11(16-10-17-13)18-3-5-21-6-4-18/h7,10H,2-6,8-9H2,1H3,(H,15,19). The molecule has 1 aromatic heterocycles. The van der Waals surface area contributed by atoms with Crippen LogP contribution in [0.4, 0.5) is 5.82 Å². The highest BCUT2D eigenvalue weighted by atomic mass is 32.2. The predicted octanol–water partition coefficient (Wildman–Crippen LogP) is 0.0846. The van der Waals surface area contributed by atoms with Gasteiger partial charge in [0, 0.05) is 19.2 Å². The normalized spacial score (nSPS) is 14.4. The third-order valence-corrected chi connectivity index (χ3v) is 3.97. The Balaban J connectivity index is 1.78. The van der Waals surface area contributed by atoms with Gasteiger partial charge in [0.25, 0.3) is 0 Å². The van der Waals surface area contributed by atoms with Gasteiger partial charge in [0.05, 0.1) is 25.6 Å². The number of nitrogens with zero attached hydrogens (tertiary/aromatic N) is 3. The number of thioether (sulfide) groups is 1. The molecule has 0 radical (unpaired) electrons. The van der Waals surface area contributed by atoms with Crippen molar-refractivity contribution < 1.29 is 19.1 Å². The number of anilines is 1. The van der Waals surface area contributed by atoms with E-state index in [9.17, 15) is 9.59 Å². The SMILES string of the molecule is CCOC(=O)CNC(=O)CSc1cc(N2CCOCC2)ncn1. The fourth-order valence-corrected chi connectivity index (χ4v) is 2.64. The number of esters is 1. The fraction of sp³-hybridized carbons (Fsp3) is 0.571. The summed E-state index contributed by atoms with van der Waals surface area (Å²) in [6, 6.07) is 1.86. The lowest BCUT2D eigenvalue weighted by Gasteiger charge is -2.27. The van der Waals surface area contributed by atoms with Gasteiger partial charge in [-0.2, -0.15) is 0 Å². The number of carbonyl (C=O) groups is 2. The smallest absolute Gasteiger partial charge is 0.325 e. The van der Waals surface area contributed by atoms with Gasteiger partial charge in [-0.3, -0.25) is 9.59 Å². The van der Waals surface area contributed by atoms with Crippen molar-refractivity contribution in [1.82, 2.24) is 15.3 Å². The molecule has 2 rings (SSSR count). The van der Waals surface area contributed by atoms with Crippen LogP contribution in [-0.2, 0) is 19.1 Å². The molecule has 1 saturated heterocycles. The van der Waals surface area contributed by atoms with E-state index >= 15 is 0 Å². The molecule has 0 saturated carbocycles. The molecule has 1 N–H and O–H groups in total. The number of amides is 1. The van der Waals surface area contributed by atoms with Crippen molar-refractivity contribution in [1.29, 1.82) is 0 Å². The summed E-state index contributed by atoms with van der Waals surface area (Å²) in [5.41, 5.74) is 0. The molecule has 0 unspecified atom stereocenters. The third kappa shape index (κ3) is 6.03. The number of ether oxygens (including phenoxy) is 2. The number of rotatable bonds is 7. The average molecular weight is 340 g/mol. The molecule has 0 spiro atoms. The molecule has 0 atom stereocenters. The van der Waals surface area contributed by atoms with Crippen LogP contribution in [0.15, 0.2) is 17.4 Å². The van der Waals surface area contributed by atoms with Crippen LogP contribution in [-0.4, -0.2) is 67.1 Å². The molecular formula is C14H20N4O4S. The van der Waals surface area contributed by atoms with E-state index in [2.05, 4.69) is 20.2 Å². The maximum Gasteiger partial charge on any atom is 0.325 e. The Kier molecular flexibility index (Phi) is 7.08. The van der Waals surface area contributed by atoms with Gasteiger partial charge in [-0.15, -0.1) is 0 Å². The quantitative estimate of drug-likeness (QED) is 0.424. The second-order valence-corrected chi connectivity index (χ2v) is 5.68. The van der Waals surface area contributed by atoms with Crippen LogP contribution in [0, 0.1) is 0 Å². The molecule has 23 heavy (non-hydrogen) atoms. The van der Waals surface area contributed by atoms with E-state index in [4.69, 9.17) is 9.47 Å². The van der Waals surface area contributed by atoms with E-state index in [1.165, 1.54) is 18.1 Å². The molecule has 8 nitrogen and oxygen atoms in total. The number of morpholine rings is 1. The van der Waals surface area contributed by atoms with Crippen molar-refractivity contribution in [2.75, 3.05) is 50.1 Å². The topological polar surface area (TPSA) is 93.7 Å². The van der Waals surface area contributed by atoms with E-state index in [1.54, 1.807) is 6.92 Å². The zero-order valence-electron chi connectivity index (χ0n) is 13.0. The number of hydrogen-bond donors (Lipinski definition) is 1. The van der Waals surface area contributed by atoms with Gasteiger partial charge in [0.2, 0.25) is 5.91 Å². The van der Waals surface area contributed by atoms with Crippen molar-refractivity contribution >= 4 is 29.5 Å². The minimum absolute atomic E-state index is 0.115. The van der Waals surface area contributed by atoms with E-state index in [0.717, 1.165) is 18.9 Å². The molecule has 0 aromatic carbocycles. The summed E-state index contributed by atoms with van der Waals surface area (Å²) in [5.74, 6) is 0.328. The molecule has 1 aliphatic rings. The third-order valence-electron chi connectivity index (χ3n) is 3.05. The first kappa shape index (κ1) is 17.5. The summed E-state index contributed by atoms with van der Waals surface area (Å²) in [7, 11) is 0. The van der Waals surface area contributed by atoms with Crippen molar-refractivity contribution in [2.24, 2.45) is 0 Å². The Labute approximate surface area is 138 Å². The Morgan fingerprint density at radius 1 is 1.39 bits per heavy atom. The lowest BCUT2D eigenvalue weighted by atomic mass is 10.4. The molecule has 1 amide bonds. The minimum Gasteiger partial charge on any atom is -0.465 e. The van der Waals surface area contributed by atoms with Crippen LogP contribution in [0.2, 0.25) is 0 Å². The van der Waals surface area contributed by atoms with Crippen LogP contribution in [0.5, 0.6) is 0 Å². The van der Waals surface area contributed by atoms with Crippen LogP contribution in [0.25, 0.3) is 0 Å². The van der Waals surface area contributed by atoms with E-state index < -0.39 is 5.97 Å². The molecule has 0 bridgehead atoms. The number of nitrogens with one attached hydrogen (secondary N) is 1. The summed E-state index contributed by atoms with van der Waals surface area (Å²) in [4.78, 5) is 33.4. The first-order chi connectivity index (χ1) is 11.2. The molecule has 1 aromatic rings. The van der Waals surface area contributed by atoms with Gasteiger partial charge in [0.15, 0.2) is 0 Å². The average Bonchev–Trinajstić information content (AvgIpc) is 2.59. The predicted molar refractivity (Wildman–Crippen MR) is 85.4 cm³/mol. The van der Waals surface area contributed by atoms with Crippen molar-refractivity contribution in [3.8, 4) is 0 Å². The van der Waals surface area contributed by atoms with E-state index in [1.807, 2.05) is 6.07 Å². The summed E-state index contributed by atoms with van der Waals surface area (Å²) in [6.45, 7) is 4.86. The summed E-state index contributed by atoms with van der Waals surface area (Å²) in [6.07, 6.45) is 1.49. The van der Waals surface area contributed by atoms with Gasteiger partial charge < -0.3 is 19.7 Å². The number of aromatic nitrogens is 2. The highest BCUT2D eigenvalue weighted by Crippen LogP contribution is 2.20. The lowest BCUT2D eigenvalue weighted by molar-refractivity contribution is -0.143. The number of carbonyl (C=O) groups excluding carboxylic acids is 2. The first-order valence-corrected chi connectivity index (χ1v) is 8.37. The molecule has 1 fully saturated rings. The van der Waals surface area contributed by atoms with Gasteiger partial charge in [0.1, 0.15) is 23.7 Å². The summed E-state index contributed by atoms with van der Waals surface area (Å²) >= 11 is 1.30. The molecule has 2 heterocycles. The largest absolute Gasteiger partial charge is 0.465 e. The van der Waals surface area contributed by atoms with Crippen molar-refractivity contribution in [3.05, 3.63) is 12.4 Å². The summed E-state index contributed by atoms with van der Waals surface area (Å²) in [5, 5.41) is 3.23. The van der Waals surface area contributed by atoms with Crippen LogP contribution < -0.4 is 10.2 Å². The second-order valence-electron chi connectivity index (χ2n) is 4.68. The Morgan fingerprint density at radius 3 is 2.91 bits per heavy atom. The first-order valence-electron chi connectivity index (χ1n) is 7.39. The molecular weight excluding hydrogens is 320 g/mol. The van der Waals surface area contributed by atoms with Gasteiger partial charge in [-0.05, 0) is 6.92 Å². The Bertz CT molecular complexity index is 537. The fourth-order valence-electron chi connectivity index (χ4n) is 1.95. The lowest BCUT2D eigenvalue weighted by Crippen LogP contribution is -2.36. The van der Waals surface area contributed by atoms with E-state index in [-0.39, 0.29) is 18.2 Å². The maximum absolute atomic E-state index is 11.7. The van der Waals surface area contributed by atoms with Gasteiger partial charge in [-0.1, -0.05) is 11.8 Å². The molecule has 9 heteroatoms. The monoisotopic (exact) mass is 340 g/mol. The van der Waals surface area contributed by atoms with Gasteiger partial charge >= 0.3 is 5.97 Å². The zero-order chi connectivity index (χ0) is 16.5. The highest BCUT2D eigenvalue weighted by Gasteiger charge is 2.14. The maximum atomic E-state index is 11.7. The second kappa shape index (κ2) is 9.31. The molecule has 126 valence electrons. The van der Waals surface area contributed by atoms with Crippen LogP contribution in [0.3, 0.4) is 0 Å². The number of hydrogen-bond acceptors (Lipinski definition) is 8. The van der Waals surface area contributed by atoms with E-state index in [0.29, 0.717) is 24.8 Å². The Morgan fingerprint density at radius 2 is 2.17 bits per heavy atom. The molecule has 1 aliphatic heterocycles. The van der Waals surface area contributed by atoms with Crippen molar-refractivity contribution in [2.45, 2.75) is 11.9 Å². The summed E-state index contributed by atoms with van der Waals surface area (Å²) < 4.78 is 10.1.